The van der Waals surface area contributed by atoms with Crippen molar-refractivity contribution in [1.29, 1.82) is 0 Å². The van der Waals surface area contributed by atoms with Gasteiger partial charge in [-0.3, -0.25) is 14.1 Å². The molecule has 0 fully saturated rings. The third-order valence-corrected chi connectivity index (χ3v) is 3.86. The molecule has 0 aromatic heterocycles. The van der Waals surface area contributed by atoms with Crippen LogP contribution in [0.15, 0.2) is 17.0 Å². The van der Waals surface area contributed by atoms with Crippen LogP contribution < -0.4 is 11.1 Å². The fraction of sp³-hybridized carbons (Fsp3) is 0.333. The largest absolute Gasteiger partial charge is 0.504 e. The van der Waals surface area contributed by atoms with Gasteiger partial charge in [-0.25, -0.2) is 0 Å². The van der Waals surface area contributed by atoms with Gasteiger partial charge in [0.2, 0.25) is 5.91 Å². The molecule has 0 radical (unpaired) electrons. The molecule has 5 N–H and O–H groups in total. The zero-order valence-electron chi connectivity index (χ0n) is 11.9. The Kier molecular flexibility index (Phi) is 6.33. The molecule has 0 spiro atoms. The number of methoxy groups -OCH3 is 1. The van der Waals surface area contributed by atoms with Gasteiger partial charge in [-0.05, 0) is 18.6 Å². The molecule has 128 valence electrons. The molecule has 1 amide bonds. The van der Waals surface area contributed by atoms with Crippen molar-refractivity contribution < 1.29 is 32.4 Å². The number of nitrogens with two attached hydrogens (primary N) is 1. The van der Waals surface area contributed by atoms with Crippen LogP contribution in [0.2, 0.25) is 5.02 Å². The number of amides is 1. The molecule has 9 nitrogen and oxygen atoms in total. The molecule has 1 atom stereocenters. The molecule has 0 unspecified atom stereocenters. The molecule has 0 bridgehead atoms. The first-order chi connectivity index (χ1) is 10.6. The lowest BCUT2D eigenvalue weighted by atomic mass is 10.1. The molecule has 0 aliphatic carbocycles. The summed E-state index contributed by atoms with van der Waals surface area (Å²) in [5.41, 5.74) is 5.16. The van der Waals surface area contributed by atoms with Crippen LogP contribution in [-0.4, -0.2) is 43.1 Å². The van der Waals surface area contributed by atoms with Crippen molar-refractivity contribution in [2.75, 3.05) is 12.4 Å². The van der Waals surface area contributed by atoms with Crippen LogP contribution in [-0.2, 0) is 24.4 Å². The van der Waals surface area contributed by atoms with E-state index >= 15 is 0 Å². The van der Waals surface area contributed by atoms with Crippen molar-refractivity contribution >= 4 is 39.3 Å². The number of phenolic OH excluding ortho intramolecular Hbond substituents is 1. The second kappa shape index (κ2) is 7.59. The molecule has 0 saturated heterocycles. The van der Waals surface area contributed by atoms with Crippen LogP contribution >= 0.6 is 11.6 Å². The smallest absolute Gasteiger partial charge is 0.322 e. The Morgan fingerprint density at radius 2 is 2.04 bits per heavy atom. The molecule has 1 aromatic carbocycles. The number of phenols is 1. The predicted octanol–water partition coefficient (Wildman–Crippen LogP) is 0.511. The van der Waals surface area contributed by atoms with Gasteiger partial charge in [0, 0.05) is 11.4 Å². The molecule has 1 rings (SSSR count). The summed E-state index contributed by atoms with van der Waals surface area (Å²) in [5.74, 6) is -2.19. The molecular formula is C12H15ClN2O7S. The van der Waals surface area contributed by atoms with Crippen molar-refractivity contribution in [3.05, 3.63) is 17.2 Å². The number of halogens is 1. The zero-order valence-corrected chi connectivity index (χ0v) is 13.5. The lowest BCUT2D eigenvalue weighted by Crippen LogP contribution is -2.32. The number of nitrogens with one attached hydrogen (secondary N) is 1. The van der Waals surface area contributed by atoms with E-state index in [1.165, 1.54) is 0 Å². The van der Waals surface area contributed by atoms with Gasteiger partial charge in [-0.1, -0.05) is 11.6 Å². The number of ether oxygens (including phenoxy) is 1. The maximum absolute atomic E-state index is 11.8. The van der Waals surface area contributed by atoms with Crippen molar-refractivity contribution in [3.63, 3.8) is 0 Å². The van der Waals surface area contributed by atoms with Crippen LogP contribution in [0.5, 0.6) is 5.75 Å². The minimum absolute atomic E-state index is 0.0228. The average molecular weight is 367 g/mol. The predicted molar refractivity (Wildman–Crippen MR) is 80.8 cm³/mol. The van der Waals surface area contributed by atoms with E-state index in [-0.39, 0.29) is 23.6 Å². The van der Waals surface area contributed by atoms with Crippen molar-refractivity contribution in [2.45, 2.75) is 23.8 Å². The number of aromatic hydroxyl groups is 1. The number of anilines is 1. The molecule has 1 aromatic rings. The Bertz CT molecular complexity index is 720. The fourth-order valence-electron chi connectivity index (χ4n) is 1.63. The lowest BCUT2D eigenvalue weighted by Gasteiger charge is -2.12. The Hall–Kier alpha value is -1.88. The van der Waals surface area contributed by atoms with Crippen molar-refractivity contribution in [3.8, 4) is 5.75 Å². The number of rotatable bonds is 6. The Morgan fingerprint density at radius 3 is 2.57 bits per heavy atom. The monoisotopic (exact) mass is 366 g/mol. The van der Waals surface area contributed by atoms with Crippen LogP contribution in [0.4, 0.5) is 5.69 Å². The van der Waals surface area contributed by atoms with Crippen molar-refractivity contribution in [1.82, 2.24) is 0 Å². The summed E-state index contributed by atoms with van der Waals surface area (Å²) >= 11 is 5.68. The number of carbonyl (C=O) groups is 2. The number of hydrogen-bond acceptors (Lipinski definition) is 7. The molecule has 0 aliphatic rings. The van der Waals surface area contributed by atoms with E-state index in [0.717, 1.165) is 19.2 Å². The summed E-state index contributed by atoms with van der Waals surface area (Å²) in [4.78, 5) is 22.0. The van der Waals surface area contributed by atoms with Gasteiger partial charge in [0.25, 0.3) is 10.1 Å². The van der Waals surface area contributed by atoms with E-state index in [9.17, 15) is 23.1 Å². The van der Waals surface area contributed by atoms with Gasteiger partial charge in [0.05, 0.1) is 12.8 Å². The Labute approximate surface area is 137 Å². The summed E-state index contributed by atoms with van der Waals surface area (Å²) in [6.07, 6.45) is -0.214. The average Bonchev–Trinajstić information content (AvgIpc) is 2.46. The molecule has 0 aliphatic heterocycles. The van der Waals surface area contributed by atoms with E-state index in [2.05, 4.69) is 10.1 Å². The molecular weight excluding hydrogens is 352 g/mol. The number of hydrogen-bond donors (Lipinski definition) is 4. The highest BCUT2D eigenvalue weighted by molar-refractivity contribution is 7.86. The van der Waals surface area contributed by atoms with Gasteiger partial charge in [-0.2, -0.15) is 8.42 Å². The van der Waals surface area contributed by atoms with Gasteiger partial charge < -0.3 is 20.9 Å². The number of carbonyl (C=O) groups excluding carboxylic acids is 2. The summed E-state index contributed by atoms with van der Waals surface area (Å²) in [6.45, 7) is 0. The summed E-state index contributed by atoms with van der Waals surface area (Å²) in [7, 11) is -3.57. The van der Waals surface area contributed by atoms with E-state index in [1.807, 2.05) is 0 Å². The minimum Gasteiger partial charge on any atom is -0.504 e. The van der Waals surface area contributed by atoms with E-state index in [4.69, 9.17) is 21.9 Å². The third kappa shape index (κ3) is 5.36. The standard InChI is InChI=1S/C12H15ClN2O7S/c1-22-12(18)7(14)2-3-10(16)15-8-4-6(13)5-9(11(8)17)23(19,20)21/h4-5,7,17H,2-3,14H2,1H3,(H,15,16)(H,19,20,21)/t7-/m0/s1. The van der Waals surface area contributed by atoms with Crippen LogP contribution in [0.25, 0.3) is 0 Å². The third-order valence-electron chi connectivity index (χ3n) is 2.78. The van der Waals surface area contributed by atoms with Gasteiger partial charge in [0.1, 0.15) is 10.9 Å². The van der Waals surface area contributed by atoms with Gasteiger partial charge >= 0.3 is 5.97 Å². The van der Waals surface area contributed by atoms with E-state index < -0.39 is 38.7 Å². The first-order valence-electron chi connectivity index (χ1n) is 6.19. The van der Waals surface area contributed by atoms with Crippen LogP contribution in [0.1, 0.15) is 12.8 Å². The maximum Gasteiger partial charge on any atom is 0.322 e. The van der Waals surface area contributed by atoms with Crippen LogP contribution in [0, 0.1) is 0 Å². The quantitative estimate of drug-likeness (QED) is 0.322. The highest BCUT2D eigenvalue weighted by Gasteiger charge is 2.21. The van der Waals surface area contributed by atoms with E-state index in [1.54, 1.807) is 0 Å². The summed E-state index contributed by atoms with van der Waals surface area (Å²) in [6, 6.07) is 0.936. The van der Waals surface area contributed by atoms with E-state index in [0.29, 0.717) is 0 Å². The first-order valence-corrected chi connectivity index (χ1v) is 8.01. The topological polar surface area (TPSA) is 156 Å². The van der Waals surface area contributed by atoms with Crippen molar-refractivity contribution in [2.24, 2.45) is 5.73 Å². The first kappa shape index (κ1) is 19.2. The molecule has 0 heterocycles. The Morgan fingerprint density at radius 1 is 1.43 bits per heavy atom. The molecule has 0 saturated carbocycles. The van der Waals surface area contributed by atoms with Crippen LogP contribution in [0.3, 0.4) is 0 Å². The second-order valence-electron chi connectivity index (χ2n) is 4.49. The minimum atomic E-state index is -4.72. The normalized spacial score (nSPS) is 12.5. The summed E-state index contributed by atoms with van der Waals surface area (Å²) < 4.78 is 35.6. The highest BCUT2D eigenvalue weighted by atomic mass is 35.5. The highest BCUT2D eigenvalue weighted by Crippen LogP contribution is 2.34. The van der Waals surface area contributed by atoms with Gasteiger partial charge in [-0.15, -0.1) is 0 Å². The lowest BCUT2D eigenvalue weighted by molar-refractivity contribution is -0.142. The number of esters is 1. The second-order valence-corrected chi connectivity index (χ2v) is 6.32. The van der Waals surface area contributed by atoms with Gasteiger partial charge in [0.15, 0.2) is 5.75 Å². The zero-order chi connectivity index (χ0) is 17.8. The number of benzene rings is 1. The maximum atomic E-state index is 11.8. The summed E-state index contributed by atoms with van der Waals surface area (Å²) in [5, 5.41) is 11.9. The molecule has 11 heteroatoms. The SMILES string of the molecule is COC(=O)[C@@H](N)CCC(=O)Nc1cc(Cl)cc(S(=O)(=O)O)c1O. The molecule has 23 heavy (non-hydrogen) atoms. The Balaban J connectivity index is 2.87. The fourth-order valence-corrected chi connectivity index (χ4v) is 2.55.